The minimum absolute atomic E-state index is 0.0791. The van der Waals surface area contributed by atoms with Crippen molar-refractivity contribution in [2.75, 3.05) is 13.1 Å². The van der Waals surface area contributed by atoms with E-state index in [0.29, 0.717) is 0 Å². The smallest absolute Gasteiger partial charge is 0.122 e. The van der Waals surface area contributed by atoms with Gasteiger partial charge in [-0.25, -0.2) is 0 Å². The van der Waals surface area contributed by atoms with Crippen LogP contribution in [-0.2, 0) is 0 Å². The number of likely N-dealkylation sites (N-methyl/N-ethyl adjacent to an activating group) is 1. The standard InChI is InChI=1S/C12H22N2O/c1-5-14(6-2)12(10(4)13)11-8-7-9(3)15-11/h7-8,10,12H,5-6,13H2,1-4H3. The van der Waals surface area contributed by atoms with Gasteiger partial charge in [0.2, 0.25) is 0 Å². The average Bonchev–Trinajstić information content (AvgIpc) is 2.59. The van der Waals surface area contributed by atoms with E-state index in [1.54, 1.807) is 0 Å². The molecule has 1 aromatic rings. The lowest BCUT2D eigenvalue weighted by Crippen LogP contribution is -2.39. The number of aryl methyl sites for hydroxylation is 1. The van der Waals surface area contributed by atoms with Gasteiger partial charge in [-0.2, -0.15) is 0 Å². The Kier molecular flexibility index (Phi) is 4.36. The first-order valence-corrected chi connectivity index (χ1v) is 5.66. The molecule has 15 heavy (non-hydrogen) atoms. The Morgan fingerprint density at radius 2 is 1.93 bits per heavy atom. The third-order valence-electron chi connectivity index (χ3n) is 2.76. The normalized spacial score (nSPS) is 15.6. The van der Waals surface area contributed by atoms with E-state index in [1.165, 1.54) is 0 Å². The SMILES string of the molecule is CCN(CC)C(c1ccc(C)o1)C(C)N. The van der Waals surface area contributed by atoms with Crippen LogP contribution in [0, 0.1) is 6.92 Å². The number of hydrogen-bond donors (Lipinski definition) is 1. The average molecular weight is 210 g/mol. The van der Waals surface area contributed by atoms with Gasteiger partial charge in [0.05, 0.1) is 6.04 Å². The number of furan rings is 1. The van der Waals surface area contributed by atoms with Crippen molar-refractivity contribution < 1.29 is 4.42 Å². The molecular weight excluding hydrogens is 188 g/mol. The van der Waals surface area contributed by atoms with Gasteiger partial charge in [-0.3, -0.25) is 4.90 Å². The fraction of sp³-hybridized carbons (Fsp3) is 0.667. The number of nitrogens with zero attached hydrogens (tertiary/aromatic N) is 1. The molecule has 2 atom stereocenters. The molecule has 2 unspecified atom stereocenters. The fourth-order valence-electron chi connectivity index (χ4n) is 2.00. The van der Waals surface area contributed by atoms with Crippen molar-refractivity contribution >= 4 is 0 Å². The fourth-order valence-corrected chi connectivity index (χ4v) is 2.00. The summed E-state index contributed by atoms with van der Waals surface area (Å²) in [6.07, 6.45) is 0. The molecule has 0 spiro atoms. The highest BCUT2D eigenvalue weighted by Gasteiger charge is 2.24. The second-order valence-corrected chi connectivity index (χ2v) is 3.97. The molecule has 1 heterocycles. The van der Waals surface area contributed by atoms with Crippen LogP contribution in [0.3, 0.4) is 0 Å². The van der Waals surface area contributed by atoms with Crippen LogP contribution >= 0.6 is 0 Å². The summed E-state index contributed by atoms with van der Waals surface area (Å²) in [5.41, 5.74) is 6.03. The van der Waals surface area contributed by atoms with Gasteiger partial charge in [0.25, 0.3) is 0 Å². The highest BCUT2D eigenvalue weighted by molar-refractivity contribution is 5.11. The van der Waals surface area contributed by atoms with E-state index in [9.17, 15) is 0 Å². The lowest BCUT2D eigenvalue weighted by atomic mass is 10.1. The molecule has 0 aliphatic rings. The zero-order valence-corrected chi connectivity index (χ0v) is 10.2. The van der Waals surface area contributed by atoms with Gasteiger partial charge in [0, 0.05) is 6.04 Å². The molecule has 1 aromatic heterocycles. The molecule has 0 bridgehead atoms. The third kappa shape index (κ3) is 2.83. The summed E-state index contributed by atoms with van der Waals surface area (Å²) in [5.74, 6) is 1.93. The second-order valence-electron chi connectivity index (χ2n) is 3.97. The maximum atomic E-state index is 6.03. The number of rotatable bonds is 5. The monoisotopic (exact) mass is 210 g/mol. The van der Waals surface area contributed by atoms with Gasteiger partial charge in [0.15, 0.2) is 0 Å². The highest BCUT2D eigenvalue weighted by atomic mass is 16.3. The maximum Gasteiger partial charge on any atom is 0.122 e. The largest absolute Gasteiger partial charge is 0.465 e. The Morgan fingerprint density at radius 3 is 2.27 bits per heavy atom. The Hall–Kier alpha value is -0.800. The summed E-state index contributed by atoms with van der Waals surface area (Å²) in [6.45, 7) is 10.3. The third-order valence-corrected chi connectivity index (χ3v) is 2.76. The van der Waals surface area contributed by atoms with E-state index in [2.05, 4.69) is 18.7 Å². The van der Waals surface area contributed by atoms with Crippen LogP contribution in [-0.4, -0.2) is 24.0 Å². The molecule has 2 N–H and O–H groups in total. The van der Waals surface area contributed by atoms with Gasteiger partial charge in [0.1, 0.15) is 11.5 Å². The molecule has 0 fully saturated rings. The molecular formula is C12H22N2O. The Labute approximate surface area is 92.2 Å². The maximum absolute atomic E-state index is 6.03. The van der Waals surface area contributed by atoms with Crippen LogP contribution in [0.1, 0.15) is 38.3 Å². The van der Waals surface area contributed by atoms with Gasteiger partial charge in [-0.15, -0.1) is 0 Å². The molecule has 0 aliphatic carbocycles. The first-order chi connectivity index (χ1) is 7.10. The van der Waals surface area contributed by atoms with Gasteiger partial charge >= 0.3 is 0 Å². The predicted molar refractivity (Wildman–Crippen MR) is 62.8 cm³/mol. The van der Waals surface area contributed by atoms with Crippen molar-refractivity contribution in [3.05, 3.63) is 23.7 Å². The van der Waals surface area contributed by atoms with Crippen LogP contribution in [0.5, 0.6) is 0 Å². The van der Waals surface area contributed by atoms with E-state index >= 15 is 0 Å². The first kappa shape index (κ1) is 12.3. The number of nitrogens with two attached hydrogens (primary N) is 1. The molecule has 0 radical (unpaired) electrons. The van der Waals surface area contributed by atoms with Crippen LogP contribution < -0.4 is 5.73 Å². The molecule has 86 valence electrons. The Morgan fingerprint density at radius 1 is 1.33 bits per heavy atom. The quantitative estimate of drug-likeness (QED) is 0.811. The van der Waals surface area contributed by atoms with Crippen molar-refractivity contribution in [2.45, 2.75) is 39.8 Å². The predicted octanol–water partition coefficient (Wildman–Crippen LogP) is 2.32. The Balaban J connectivity index is 2.91. The van der Waals surface area contributed by atoms with Gasteiger partial charge in [-0.1, -0.05) is 13.8 Å². The summed E-state index contributed by atoms with van der Waals surface area (Å²) < 4.78 is 5.67. The first-order valence-electron chi connectivity index (χ1n) is 5.66. The zero-order chi connectivity index (χ0) is 11.4. The minimum atomic E-state index is 0.0791. The summed E-state index contributed by atoms with van der Waals surface area (Å²) in [5, 5.41) is 0. The van der Waals surface area contributed by atoms with Crippen molar-refractivity contribution in [3.63, 3.8) is 0 Å². The molecule has 3 nitrogen and oxygen atoms in total. The van der Waals surface area contributed by atoms with Crippen LogP contribution in [0.4, 0.5) is 0 Å². The molecule has 0 aliphatic heterocycles. The molecule has 0 saturated heterocycles. The highest BCUT2D eigenvalue weighted by Crippen LogP contribution is 2.24. The Bertz CT molecular complexity index is 290. The molecule has 0 saturated carbocycles. The van der Waals surface area contributed by atoms with Crippen molar-refractivity contribution in [2.24, 2.45) is 5.73 Å². The summed E-state index contributed by atoms with van der Waals surface area (Å²) in [4.78, 5) is 2.32. The van der Waals surface area contributed by atoms with Gasteiger partial charge in [-0.05, 0) is 39.1 Å². The topological polar surface area (TPSA) is 42.4 Å². The summed E-state index contributed by atoms with van der Waals surface area (Å²) >= 11 is 0. The lowest BCUT2D eigenvalue weighted by molar-refractivity contribution is 0.169. The van der Waals surface area contributed by atoms with E-state index in [-0.39, 0.29) is 12.1 Å². The zero-order valence-electron chi connectivity index (χ0n) is 10.2. The molecule has 1 rings (SSSR count). The van der Waals surface area contributed by atoms with Crippen LogP contribution in [0.2, 0.25) is 0 Å². The lowest BCUT2D eigenvalue weighted by Gasteiger charge is -2.30. The van der Waals surface area contributed by atoms with Gasteiger partial charge < -0.3 is 10.2 Å². The van der Waals surface area contributed by atoms with E-state index in [1.807, 2.05) is 26.0 Å². The molecule has 3 heteroatoms. The summed E-state index contributed by atoms with van der Waals surface area (Å²) in [7, 11) is 0. The second kappa shape index (κ2) is 5.33. The van der Waals surface area contributed by atoms with Crippen molar-refractivity contribution in [3.8, 4) is 0 Å². The van der Waals surface area contributed by atoms with Crippen LogP contribution in [0.25, 0.3) is 0 Å². The van der Waals surface area contributed by atoms with E-state index < -0.39 is 0 Å². The molecule has 0 amide bonds. The minimum Gasteiger partial charge on any atom is -0.465 e. The summed E-state index contributed by atoms with van der Waals surface area (Å²) in [6, 6.07) is 4.29. The van der Waals surface area contributed by atoms with E-state index in [0.717, 1.165) is 24.6 Å². The van der Waals surface area contributed by atoms with Crippen LogP contribution in [0.15, 0.2) is 16.5 Å². The van der Waals surface area contributed by atoms with E-state index in [4.69, 9.17) is 10.2 Å². The molecule has 0 aromatic carbocycles. The van der Waals surface area contributed by atoms with Crippen molar-refractivity contribution in [1.82, 2.24) is 4.90 Å². The number of hydrogen-bond acceptors (Lipinski definition) is 3. The van der Waals surface area contributed by atoms with Crippen molar-refractivity contribution in [1.29, 1.82) is 0 Å².